The molecule has 2 aromatic rings. The number of hydrogen-bond donors (Lipinski definition) is 1. The van der Waals surface area contributed by atoms with Gasteiger partial charge in [0.25, 0.3) is 5.91 Å². The Labute approximate surface area is 151 Å². The van der Waals surface area contributed by atoms with Gasteiger partial charge in [-0.25, -0.2) is 0 Å². The number of benzene rings is 2. The van der Waals surface area contributed by atoms with Crippen LogP contribution >= 0.6 is 11.6 Å². The van der Waals surface area contributed by atoms with Gasteiger partial charge in [0.2, 0.25) is 0 Å². The highest BCUT2D eigenvalue weighted by molar-refractivity contribution is 6.33. The molecule has 1 amide bonds. The predicted octanol–water partition coefficient (Wildman–Crippen LogP) is 3.77. The monoisotopic (exact) mass is 361 g/mol. The number of halogens is 1. The molecule has 0 aliphatic rings. The molecule has 0 saturated carbocycles. The topological polar surface area (TPSA) is 64.6 Å². The molecular weight excluding hydrogens is 342 g/mol. The summed E-state index contributed by atoms with van der Waals surface area (Å²) in [5.41, 5.74) is 2.26. The number of rotatable bonds is 7. The zero-order chi connectivity index (χ0) is 18.2. The Morgan fingerprint density at radius 1 is 1.12 bits per heavy atom. The van der Waals surface area contributed by atoms with Crippen molar-refractivity contribution in [2.45, 2.75) is 20.3 Å². The van der Waals surface area contributed by atoms with Gasteiger partial charge in [-0.05, 0) is 49.2 Å². The van der Waals surface area contributed by atoms with E-state index in [2.05, 4.69) is 5.32 Å². The smallest absolute Gasteiger partial charge is 0.310 e. The van der Waals surface area contributed by atoms with Crippen molar-refractivity contribution in [3.05, 3.63) is 58.6 Å². The summed E-state index contributed by atoms with van der Waals surface area (Å²) in [6, 6.07) is 12.4. The van der Waals surface area contributed by atoms with E-state index in [0.29, 0.717) is 17.3 Å². The average molecular weight is 362 g/mol. The summed E-state index contributed by atoms with van der Waals surface area (Å²) < 4.78 is 10.3. The highest BCUT2D eigenvalue weighted by Crippen LogP contribution is 2.22. The van der Waals surface area contributed by atoms with Crippen LogP contribution in [0.5, 0.6) is 5.75 Å². The van der Waals surface area contributed by atoms with E-state index in [1.165, 1.54) is 0 Å². The maximum absolute atomic E-state index is 11.9. The minimum absolute atomic E-state index is 0.0883. The van der Waals surface area contributed by atoms with Crippen LogP contribution in [0.1, 0.15) is 18.1 Å². The highest BCUT2D eigenvalue weighted by Gasteiger charge is 2.10. The minimum atomic E-state index is -0.477. The number of carbonyl (C=O) groups is 2. The number of ether oxygens (including phenoxy) is 2. The summed E-state index contributed by atoms with van der Waals surface area (Å²) in [6.45, 7) is 4.03. The first kappa shape index (κ1) is 18.8. The first-order valence-electron chi connectivity index (χ1n) is 7.91. The third-order valence-electron chi connectivity index (χ3n) is 3.35. The fraction of sp³-hybridized carbons (Fsp3) is 0.263. The molecule has 1 N–H and O–H groups in total. The molecule has 6 heteroatoms. The molecule has 0 aromatic heterocycles. The standard InChI is InChI=1S/C19H20ClNO4/c1-3-24-15-7-5-14(6-8-15)11-19(23)25-12-18(22)21-17-9-4-13(2)10-16(17)20/h4-10H,3,11-12H2,1-2H3,(H,21,22). The van der Waals surface area contributed by atoms with Gasteiger partial charge in [0, 0.05) is 0 Å². The molecule has 0 bridgehead atoms. The molecule has 0 atom stereocenters. The van der Waals surface area contributed by atoms with Gasteiger partial charge in [-0.15, -0.1) is 0 Å². The Balaban J connectivity index is 1.79. The number of amides is 1. The normalized spacial score (nSPS) is 10.2. The highest BCUT2D eigenvalue weighted by atomic mass is 35.5. The van der Waals surface area contributed by atoms with Gasteiger partial charge in [0.1, 0.15) is 5.75 Å². The van der Waals surface area contributed by atoms with Crippen molar-refractivity contribution >= 4 is 29.2 Å². The summed E-state index contributed by atoms with van der Waals surface area (Å²) in [7, 11) is 0. The quantitative estimate of drug-likeness (QED) is 0.762. The Morgan fingerprint density at radius 3 is 2.48 bits per heavy atom. The lowest BCUT2D eigenvalue weighted by molar-refractivity contribution is -0.146. The molecule has 5 nitrogen and oxygen atoms in total. The SMILES string of the molecule is CCOc1ccc(CC(=O)OCC(=O)Nc2ccc(C)cc2Cl)cc1. The van der Waals surface area contributed by atoms with Crippen LogP contribution < -0.4 is 10.1 Å². The van der Waals surface area contributed by atoms with Crippen LogP contribution in [0.4, 0.5) is 5.69 Å². The predicted molar refractivity (Wildman–Crippen MR) is 97.1 cm³/mol. The fourth-order valence-corrected chi connectivity index (χ4v) is 2.42. The second-order valence-corrected chi connectivity index (χ2v) is 5.85. The third-order valence-corrected chi connectivity index (χ3v) is 3.66. The molecule has 0 fully saturated rings. The van der Waals surface area contributed by atoms with E-state index in [4.69, 9.17) is 21.1 Å². The molecule has 0 radical (unpaired) electrons. The molecule has 0 heterocycles. The van der Waals surface area contributed by atoms with E-state index in [1.807, 2.05) is 19.9 Å². The lowest BCUT2D eigenvalue weighted by Crippen LogP contribution is -2.21. The number of anilines is 1. The summed E-state index contributed by atoms with van der Waals surface area (Å²) in [6.07, 6.45) is 0.0883. The van der Waals surface area contributed by atoms with Gasteiger partial charge in [-0.1, -0.05) is 29.8 Å². The Hall–Kier alpha value is -2.53. The average Bonchev–Trinajstić information content (AvgIpc) is 2.58. The number of carbonyl (C=O) groups excluding carboxylic acids is 2. The minimum Gasteiger partial charge on any atom is -0.494 e. The molecule has 132 valence electrons. The number of hydrogen-bond acceptors (Lipinski definition) is 4. The lowest BCUT2D eigenvalue weighted by atomic mass is 10.1. The zero-order valence-electron chi connectivity index (χ0n) is 14.2. The van der Waals surface area contributed by atoms with Crippen LogP contribution in [0.15, 0.2) is 42.5 Å². The van der Waals surface area contributed by atoms with Crippen LogP contribution in [0.25, 0.3) is 0 Å². The Kier molecular flexibility index (Phi) is 6.83. The van der Waals surface area contributed by atoms with Crippen LogP contribution in [-0.4, -0.2) is 25.1 Å². The number of aryl methyl sites for hydroxylation is 1. The molecule has 2 rings (SSSR count). The Morgan fingerprint density at radius 2 is 1.84 bits per heavy atom. The van der Waals surface area contributed by atoms with E-state index in [9.17, 15) is 9.59 Å². The first-order chi connectivity index (χ1) is 12.0. The molecule has 0 aliphatic carbocycles. The van der Waals surface area contributed by atoms with Crippen molar-refractivity contribution in [1.29, 1.82) is 0 Å². The van der Waals surface area contributed by atoms with E-state index >= 15 is 0 Å². The fourth-order valence-electron chi connectivity index (χ4n) is 2.14. The molecule has 0 aliphatic heterocycles. The van der Waals surface area contributed by atoms with E-state index < -0.39 is 11.9 Å². The van der Waals surface area contributed by atoms with E-state index in [-0.39, 0.29) is 13.0 Å². The van der Waals surface area contributed by atoms with Crippen molar-refractivity contribution in [3.8, 4) is 5.75 Å². The zero-order valence-corrected chi connectivity index (χ0v) is 14.9. The first-order valence-corrected chi connectivity index (χ1v) is 8.29. The van der Waals surface area contributed by atoms with Crippen LogP contribution in [0, 0.1) is 6.92 Å². The molecular formula is C19H20ClNO4. The van der Waals surface area contributed by atoms with Crippen LogP contribution in [-0.2, 0) is 20.7 Å². The van der Waals surface area contributed by atoms with E-state index in [0.717, 1.165) is 16.9 Å². The number of esters is 1. The van der Waals surface area contributed by atoms with Gasteiger partial charge in [-0.2, -0.15) is 0 Å². The maximum Gasteiger partial charge on any atom is 0.310 e. The second-order valence-electron chi connectivity index (χ2n) is 5.45. The third kappa shape index (κ3) is 6.12. The van der Waals surface area contributed by atoms with Gasteiger partial charge in [0.15, 0.2) is 6.61 Å². The van der Waals surface area contributed by atoms with Crippen molar-refractivity contribution in [3.63, 3.8) is 0 Å². The van der Waals surface area contributed by atoms with Crippen molar-refractivity contribution in [2.75, 3.05) is 18.5 Å². The van der Waals surface area contributed by atoms with Crippen molar-refractivity contribution < 1.29 is 19.1 Å². The summed E-state index contributed by atoms with van der Waals surface area (Å²) in [4.78, 5) is 23.7. The van der Waals surface area contributed by atoms with Crippen molar-refractivity contribution in [2.24, 2.45) is 0 Å². The van der Waals surface area contributed by atoms with E-state index in [1.54, 1.807) is 36.4 Å². The molecule has 0 spiro atoms. The summed E-state index contributed by atoms with van der Waals surface area (Å²) >= 11 is 6.05. The summed E-state index contributed by atoms with van der Waals surface area (Å²) in [5, 5.41) is 3.05. The molecule has 0 unspecified atom stereocenters. The largest absolute Gasteiger partial charge is 0.494 e. The van der Waals surface area contributed by atoms with Gasteiger partial charge < -0.3 is 14.8 Å². The second kappa shape index (κ2) is 9.08. The lowest BCUT2D eigenvalue weighted by Gasteiger charge is -2.09. The number of nitrogens with one attached hydrogen (secondary N) is 1. The van der Waals surface area contributed by atoms with Gasteiger partial charge in [-0.3, -0.25) is 9.59 Å². The maximum atomic E-state index is 11.9. The summed E-state index contributed by atoms with van der Waals surface area (Å²) in [5.74, 6) is -0.172. The van der Waals surface area contributed by atoms with Crippen molar-refractivity contribution in [1.82, 2.24) is 0 Å². The molecule has 25 heavy (non-hydrogen) atoms. The molecule has 2 aromatic carbocycles. The van der Waals surface area contributed by atoms with Crippen LogP contribution in [0.3, 0.4) is 0 Å². The Bertz CT molecular complexity index is 744. The molecule has 0 saturated heterocycles. The van der Waals surface area contributed by atoms with Gasteiger partial charge in [0.05, 0.1) is 23.7 Å². The van der Waals surface area contributed by atoms with Gasteiger partial charge >= 0.3 is 5.97 Å². The van der Waals surface area contributed by atoms with Crippen LogP contribution in [0.2, 0.25) is 5.02 Å².